The molecular weight excluding hydrogens is 215 g/mol. The Kier molecular flexibility index (Phi) is 3.19. The Morgan fingerprint density at radius 2 is 1.94 bits per heavy atom. The minimum Gasteiger partial charge on any atom is -0.309 e. The molecule has 0 aromatic heterocycles. The molecule has 1 aromatic rings. The van der Waals surface area contributed by atoms with Crippen molar-refractivity contribution in [2.45, 2.75) is 31.2 Å². The van der Waals surface area contributed by atoms with E-state index in [1.54, 1.807) is 0 Å². The Morgan fingerprint density at radius 1 is 1.25 bits per heavy atom. The smallest absolute Gasteiger partial charge is 0.267 e. The van der Waals surface area contributed by atoms with Crippen LogP contribution < -0.4 is 5.32 Å². The number of halogens is 3. The fourth-order valence-corrected chi connectivity index (χ4v) is 2.04. The van der Waals surface area contributed by atoms with E-state index in [-0.39, 0.29) is 6.42 Å². The molecule has 1 N–H and O–H groups in total. The lowest BCUT2D eigenvalue weighted by Gasteiger charge is -2.23. The molecule has 0 bridgehead atoms. The zero-order valence-electron chi connectivity index (χ0n) is 8.85. The third-order valence-electron chi connectivity index (χ3n) is 2.92. The highest BCUT2D eigenvalue weighted by atomic mass is 19.3. The molecule has 4 heteroatoms. The normalized spacial score (nSPS) is 21.3. The van der Waals surface area contributed by atoms with Gasteiger partial charge in [-0.1, -0.05) is 12.1 Å². The quantitative estimate of drug-likeness (QED) is 0.840. The molecule has 1 fully saturated rings. The number of hydrogen-bond donors (Lipinski definition) is 1. The number of hydrogen-bond acceptors (Lipinski definition) is 1. The number of nitrogens with one attached hydrogen (secondary N) is 1. The molecular formula is C12H14F3N. The lowest BCUT2D eigenvalue weighted by atomic mass is 10.00. The third kappa shape index (κ3) is 2.55. The fraction of sp³-hybridized carbons (Fsp3) is 0.500. The van der Waals surface area contributed by atoms with Crippen molar-refractivity contribution in [3.63, 3.8) is 0 Å². The first-order chi connectivity index (χ1) is 7.58. The minimum absolute atomic E-state index is 0.328. The summed E-state index contributed by atoms with van der Waals surface area (Å²) >= 11 is 0. The first kappa shape index (κ1) is 11.5. The average Bonchev–Trinajstić information content (AvgIpc) is 2.75. The van der Waals surface area contributed by atoms with Crippen LogP contribution in [-0.2, 0) is 6.42 Å². The minimum atomic E-state index is -2.76. The second kappa shape index (κ2) is 4.45. The lowest BCUT2D eigenvalue weighted by molar-refractivity contribution is -0.0307. The number of benzene rings is 1. The monoisotopic (exact) mass is 229 g/mol. The van der Waals surface area contributed by atoms with E-state index < -0.39 is 17.8 Å². The molecule has 0 radical (unpaired) electrons. The van der Waals surface area contributed by atoms with E-state index in [1.807, 2.05) is 0 Å². The number of rotatable bonds is 3. The van der Waals surface area contributed by atoms with Crippen LogP contribution in [0.5, 0.6) is 0 Å². The van der Waals surface area contributed by atoms with Gasteiger partial charge >= 0.3 is 0 Å². The molecule has 16 heavy (non-hydrogen) atoms. The Hall–Kier alpha value is -1.03. The SMILES string of the molecule is Fc1ccc(CC(F)(F)C2CCCN2)cc1. The Morgan fingerprint density at radius 3 is 2.50 bits per heavy atom. The summed E-state index contributed by atoms with van der Waals surface area (Å²) in [4.78, 5) is 0. The summed E-state index contributed by atoms with van der Waals surface area (Å²) in [6.07, 6.45) is 0.975. The molecule has 1 heterocycles. The number of alkyl halides is 2. The van der Waals surface area contributed by atoms with E-state index in [0.29, 0.717) is 18.5 Å². The van der Waals surface area contributed by atoms with Gasteiger partial charge < -0.3 is 5.32 Å². The highest BCUT2D eigenvalue weighted by molar-refractivity contribution is 5.18. The molecule has 0 aliphatic carbocycles. The summed E-state index contributed by atoms with van der Waals surface area (Å²) in [5.41, 5.74) is 0.472. The maximum absolute atomic E-state index is 13.8. The second-order valence-corrected chi connectivity index (χ2v) is 4.21. The Labute approximate surface area is 92.7 Å². The predicted octanol–water partition coefficient (Wildman–Crippen LogP) is 2.76. The first-order valence-electron chi connectivity index (χ1n) is 5.43. The Balaban J connectivity index is 2.04. The summed E-state index contributed by atoms with van der Waals surface area (Å²) in [7, 11) is 0. The molecule has 1 aliphatic heterocycles. The highest BCUT2D eigenvalue weighted by Crippen LogP contribution is 2.29. The van der Waals surface area contributed by atoms with Crippen LogP contribution in [0.2, 0.25) is 0 Å². The van der Waals surface area contributed by atoms with E-state index >= 15 is 0 Å². The van der Waals surface area contributed by atoms with Crippen LogP contribution >= 0.6 is 0 Å². The summed E-state index contributed by atoms with van der Waals surface area (Å²) in [6.45, 7) is 0.656. The van der Waals surface area contributed by atoms with Crippen molar-refractivity contribution in [2.24, 2.45) is 0 Å². The van der Waals surface area contributed by atoms with Gasteiger partial charge in [0.15, 0.2) is 0 Å². The van der Waals surface area contributed by atoms with Crippen LogP contribution in [0.1, 0.15) is 18.4 Å². The van der Waals surface area contributed by atoms with Gasteiger partial charge in [-0.05, 0) is 37.1 Å². The zero-order chi connectivity index (χ0) is 11.6. The van der Waals surface area contributed by atoms with Gasteiger partial charge in [-0.3, -0.25) is 0 Å². The van der Waals surface area contributed by atoms with Crippen molar-refractivity contribution in [1.29, 1.82) is 0 Å². The van der Waals surface area contributed by atoms with Crippen LogP contribution in [0, 0.1) is 5.82 Å². The van der Waals surface area contributed by atoms with Crippen LogP contribution in [0.25, 0.3) is 0 Å². The predicted molar refractivity (Wildman–Crippen MR) is 56.1 cm³/mol. The molecule has 0 saturated carbocycles. The molecule has 1 aliphatic rings. The van der Waals surface area contributed by atoms with E-state index in [0.717, 1.165) is 6.42 Å². The van der Waals surface area contributed by atoms with E-state index in [4.69, 9.17) is 0 Å². The van der Waals surface area contributed by atoms with Crippen LogP contribution in [0.3, 0.4) is 0 Å². The van der Waals surface area contributed by atoms with Crippen LogP contribution in [0.15, 0.2) is 24.3 Å². The first-order valence-corrected chi connectivity index (χ1v) is 5.43. The van der Waals surface area contributed by atoms with Crippen LogP contribution in [-0.4, -0.2) is 18.5 Å². The van der Waals surface area contributed by atoms with E-state index in [1.165, 1.54) is 24.3 Å². The molecule has 0 spiro atoms. The van der Waals surface area contributed by atoms with E-state index in [9.17, 15) is 13.2 Å². The van der Waals surface area contributed by atoms with Crippen molar-refractivity contribution in [3.05, 3.63) is 35.6 Å². The van der Waals surface area contributed by atoms with Crippen molar-refractivity contribution in [1.82, 2.24) is 5.32 Å². The van der Waals surface area contributed by atoms with Gasteiger partial charge in [0, 0.05) is 6.42 Å². The molecule has 1 aromatic carbocycles. The molecule has 1 saturated heterocycles. The maximum Gasteiger partial charge on any atom is 0.267 e. The zero-order valence-corrected chi connectivity index (χ0v) is 8.85. The van der Waals surface area contributed by atoms with Crippen LogP contribution in [0.4, 0.5) is 13.2 Å². The summed E-state index contributed by atoms with van der Waals surface area (Å²) in [6, 6.07) is 4.52. The largest absolute Gasteiger partial charge is 0.309 e. The average molecular weight is 229 g/mol. The lowest BCUT2D eigenvalue weighted by Crippen LogP contribution is -2.42. The maximum atomic E-state index is 13.8. The van der Waals surface area contributed by atoms with Gasteiger partial charge in [0.05, 0.1) is 6.04 Å². The molecule has 1 unspecified atom stereocenters. The standard InChI is InChI=1S/C12H14F3N/c13-10-5-3-9(4-6-10)8-12(14,15)11-2-1-7-16-11/h3-6,11,16H,1-2,7-8H2. The molecule has 2 rings (SSSR count). The van der Waals surface area contributed by atoms with Crippen molar-refractivity contribution in [2.75, 3.05) is 6.54 Å². The molecule has 0 amide bonds. The topological polar surface area (TPSA) is 12.0 Å². The summed E-state index contributed by atoms with van der Waals surface area (Å²) in [5.74, 6) is -3.15. The highest BCUT2D eigenvalue weighted by Gasteiger charge is 2.40. The van der Waals surface area contributed by atoms with E-state index in [2.05, 4.69) is 5.32 Å². The molecule has 88 valence electrons. The van der Waals surface area contributed by atoms with Gasteiger partial charge in [-0.25, -0.2) is 13.2 Å². The van der Waals surface area contributed by atoms with Crippen molar-refractivity contribution < 1.29 is 13.2 Å². The molecule has 1 atom stereocenters. The fourth-order valence-electron chi connectivity index (χ4n) is 2.04. The van der Waals surface area contributed by atoms with Gasteiger partial charge in [-0.15, -0.1) is 0 Å². The van der Waals surface area contributed by atoms with Gasteiger partial charge in [-0.2, -0.15) is 0 Å². The Bertz CT molecular complexity index is 342. The van der Waals surface area contributed by atoms with Crippen molar-refractivity contribution in [3.8, 4) is 0 Å². The summed E-state index contributed by atoms with van der Waals surface area (Å²) in [5, 5.41) is 2.80. The third-order valence-corrected chi connectivity index (χ3v) is 2.92. The van der Waals surface area contributed by atoms with Gasteiger partial charge in [0.1, 0.15) is 5.82 Å². The summed E-state index contributed by atoms with van der Waals surface area (Å²) < 4.78 is 40.1. The second-order valence-electron chi connectivity index (χ2n) is 4.21. The molecule has 1 nitrogen and oxygen atoms in total. The van der Waals surface area contributed by atoms with Gasteiger partial charge in [0.25, 0.3) is 5.92 Å². The van der Waals surface area contributed by atoms with Gasteiger partial charge in [0.2, 0.25) is 0 Å². The van der Waals surface area contributed by atoms with Crippen molar-refractivity contribution >= 4 is 0 Å².